The number of anilines is 2. The first-order valence-electron chi connectivity index (χ1n) is 8.24. The fourth-order valence-corrected chi connectivity index (χ4v) is 2.93. The Morgan fingerprint density at radius 2 is 1.93 bits per heavy atom. The van der Waals surface area contributed by atoms with E-state index < -0.39 is 23.8 Å². The number of benzene rings is 2. The van der Waals surface area contributed by atoms with E-state index in [2.05, 4.69) is 10.6 Å². The topological polar surface area (TPSA) is 87.7 Å². The largest absolute Gasteiger partial charge is 0.497 e. The maximum atomic E-state index is 12.8. The van der Waals surface area contributed by atoms with Crippen LogP contribution in [0.15, 0.2) is 42.5 Å². The molecule has 1 fully saturated rings. The highest BCUT2D eigenvalue weighted by molar-refractivity contribution is 6.32. The minimum absolute atomic E-state index is 0.0736. The van der Waals surface area contributed by atoms with Crippen molar-refractivity contribution < 1.29 is 19.1 Å². The molecule has 140 valence electrons. The van der Waals surface area contributed by atoms with Gasteiger partial charge in [-0.25, -0.2) is 9.69 Å². The van der Waals surface area contributed by atoms with Crippen molar-refractivity contribution >= 4 is 40.8 Å². The summed E-state index contributed by atoms with van der Waals surface area (Å²) >= 11 is 6.07. The van der Waals surface area contributed by atoms with Crippen LogP contribution in [-0.2, 0) is 9.59 Å². The zero-order valence-corrected chi connectivity index (χ0v) is 15.5. The maximum absolute atomic E-state index is 12.8. The maximum Gasteiger partial charge on any atom is 0.328 e. The number of nitrogens with one attached hydrogen (secondary N) is 2. The minimum Gasteiger partial charge on any atom is -0.497 e. The number of hydrogen-bond donors (Lipinski definition) is 2. The number of nitrogens with zero attached hydrogens (tertiary/aromatic N) is 1. The second-order valence-electron chi connectivity index (χ2n) is 6.01. The number of hydrogen-bond acceptors (Lipinski definition) is 4. The van der Waals surface area contributed by atoms with Crippen LogP contribution in [0.2, 0.25) is 5.02 Å². The van der Waals surface area contributed by atoms with Gasteiger partial charge in [-0.3, -0.25) is 9.59 Å². The second-order valence-corrected chi connectivity index (χ2v) is 6.42. The molecule has 0 spiro atoms. The summed E-state index contributed by atoms with van der Waals surface area (Å²) in [6.07, 6.45) is 0. The molecule has 1 saturated heterocycles. The van der Waals surface area contributed by atoms with Crippen molar-refractivity contribution in [3.05, 3.63) is 53.1 Å². The fourth-order valence-electron chi connectivity index (χ4n) is 2.76. The van der Waals surface area contributed by atoms with E-state index in [1.807, 2.05) is 0 Å². The smallest absolute Gasteiger partial charge is 0.328 e. The minimum atomic E-state index is -1.05. The Morgan fingerprint density at radius 3 is 2.59 bits per heavy atom. The highest BCUT2D eigenvalue weighted by Crippen LogP contribution is 2.26. The molecule has 1 atom stereocenters. The van der Waals surface area contributed by atoms with E-state index in [4.69, 9.17) is 16.3 Å². The number of imide groups is 1. The lowest BCUT2D eigenvalue weighted by Crippen LogP contribution is -2.58. The Morgan fingerprint density at radius 1 is 1.22 bits per heavy atom. The Bertz CT molecular complexity index is 898. The molecule has 0 bridgehead atoms. The SMILES string of the molecule is COc1ccc(N2C(=O)NCC(C(=O)Nc3cccc(Cl)c3C)C2=O)cc1. The normalized spacial score (nSPS) is 16.7. The number of rotatable bonds is 4. The van der Waals surface area contributed by atoms with Crippen LogP contribution in [0, 0.1) is 12.8 Å². The molecule has 1 heterocycles. The summed E-state index contributed by atoms with van der Waals surface area (Å²) in [6.45, 7) is 1.70. The van der Waals surface area contributed by atoms with Gasteiger partial charge in [0.2, 0.25) is 11.8 Å². The Hall–Kier alpha value is -3.06. The Balaban J connectivity index is 1.81. The molecule has 2 aromatic rings. The van der Waals surface area contributed by atoms with E-state index in [1.165, 1.54) is 7.11 Å². The summed E-state index contributed by atoms with van der Waals surface area (Å²) in [7, 11) is 1.52. The summed E-state index contributed by atoms with van der Waals surface area (Å²) in [5.41, 5.74) is 1.58. The predicted octanol–water partition coefficient (Wildman–Crippen LogP) is 2.97. The molecule has 0 saturated carbocycles. The summed E-state index contributed by atoms with van der Waals surface area (Å²) in [5, 5.41) is 5.80. The van der Waals surface area contributed by atoms with Crippen LogP contribution in [0.3, 0.4) is 0 Å². The van der Waals surface area contributed by atoms with Crippen molar-refractivity contribution in [2.45, 2.75) is 6.92 Å². The molecule has 8 heteroatoms. The molecule has 1 aliphatic heterocycles. The highest BCUT2D eigenvalue weighted by atomic mass is 35.5. The first-order chi connectivity index (χ1) is 12.9. The van der Waals surface area contributed by atoms with Gasteiger partial charge in [0.15, 0.2) is 0 Å². The second kappa shape index (κ2) is 7.67. The van der Waals surface area contributed by atoms with Crippen LogP contribution in [0.25, 0.3) is 0 Å². The lowest BCUT2D eigenvalue weighted by molar-refractivity contribution is -0.130. The highest BCUT2D eigenvalue weighted by Gasteiger charge is 2.39. The summed E-state index contributed by atoms with van der Waals surface area (Å²) in [4.78, 5) is 38.6. The average molecular weight is 388 g/mol. The molecule has 2 aromatic carbocycles. The first kappa shape index (κ1) is 18.7. The number of carbonyl (C=O) groups excluding carboxylic acids is 3. The number of ether oxygens (including phenoxy) is 1. The molecule has 3 rings (SSSR count). The third-order valence-electron chi connectivity index (χ3n) is 4.35. The summed E-state index contributed by atoms with van der Waals surface area (Å²) in [6, 6.07) is 11.0. The van der Waals surface area contributed by atoms with E-state index in [-0.39, 0.29) is 6.54 Å². The molecule has 27 heavy (non-hydrogen) atoms. The van der Waals surface area contributed by atoms with Gasteiger partial charge >= 0.3 is 6.03 Å². The van der Waals surface area contributed by atoms with Crippen molar-refractivity contribution in [2.24, 2.45) is 5.92 Å². The van der Waals surface area contributed by atoms with Crippen molar-refractivity contribution in [3.8, 4) is 5.75 Å². The van der Waals surface area contributed by atoms with Crippen LogP contribution in [0.5, 0.6) is 5.75 Å². The lowest BCUT2D eigenvalue weighted by atomic mass is 10.0. The first-order valence-corrected chi connectivity index (χ1v) is 8.62. The van der Waals surface area contributed by atoms with Crippen LogP contribution < -0.4 is 20.3 Å². The van der Waals surface area contributed by atoms with Gasteiger partial charge in [0, 0.05) is 17.3 Å². The third kappa shape index (κ3) is 3.73. The standard InChI is InChI=1S/C19H18ClN3O4/c1-11-15(20)4-3-5-16(11)22-17(24)14-10-21-19(26)23(18(14)25)12-6-8-13(27-2)9-7-12/h3-9,14H,10H2,1-2H3,(H,21,26)(H,22,24). The number of urea groups is 1. The lowest BCUT2D eigenvalue weighted by Gasteiger charge is -2.30. The number of carbonyl (C=O) groups is 3. The molecular formula is C19H18ClN3O4. The molecule has 0 aromatic heterocycles. The van der Waals surface area contributed by atoms with Gasteiger partial charge < -0.3 is 15.4 Å². The average Bonchev–Trinajstić information content (AvgIpc) is 2.66. The van der Waals surface area contributed by atoms with Gasteiger partial charge in [-0.1, -0.05) is 17.7 Å². The molecule has 7 nitrogen and oxygen atoms in total. The monoisotopic (exact) mass is 387 g/mol. The van der Waals surface area contributed by atoms with Crippen LogP contribution in [0.4, 0.5) is 16.2 Å². The van der Waals surface area contributed by atoms with Gasteiger partial charge in [-0.15, -0.1) is 0 Å². The van der Waals surface area contributed by atoms with E-state index in [0.29, 0.717) is 27.7 Å². The van der Waals surface area contributed by atoms with E-state index in [1.54, 1.807) is 49.4 Å². The van der Waals surface area contributed by atoms with E-state index >= 15 is 0 Å². The summed E-state index contributed by atoms with van der Waals surface area (Å²) in [5.74, 6) is -1.57. The Labute approximate surface area is 161 Å². The van der Waals surface area contributed by atoms with Crippen LogP contribution >= 0.6 is 11.6 Å². The molecule has 1 aliphatic rings. The third-order valence-corrected chi connectivity index (χ3v) is 4.76. The van der Waals surface area contributed by atoms with Gasteiger partial charge in [0.1, 0.15) is 11.7 Å². The van der Waals surface area contributed by atoms with Crippen molar-refractivity contribution in [3.63, 3.8) is 0 Å². The molecule has 2 N–H and O–H groups in total. The fraction of sp³-hybridized carbons (Fsp3) is 0.211. The van der Waals surface area contributed by atoms with Gasteiger partial charge in [0.25, 0.3) is 0 Å². The Kier molecular flexibility index (Phi) is 5.32. The number of amides is 4. The van der Waals surface area contributed by atoms with E-state index in [9.17, 15) is 14.4 Å². The van der Waals surface area contributed by atoms with Gasteiger partial charge in [-0.05, 0) is 48.9 Å². The number of halogens is 1. The van der Waals surface area contributed by atoms with Gasteiger partial charge in [0.05, 0.1) is 12.8 Å². The molecule has 0 aliphatic carbocycles. The molecule has 0 radical (unpaired) electrons. The van der Waals surface area contributed by atoms with Crippen molar-refractivity contribution in [1.29, 1.82) is 0 Å². The van der Waals surface area contributed by atoms with Crippen LogP contribution in [0.1, 0.15) is 5.56 Å². The van der Waals surface area contributed by atoms with Gasteiger partial charge in [-0.2, -0.15) is 0 Å². The molecule has 1 unspecified atom stereocenters. The van der Waals surface area contributed by atoms with Crippen LogP contribution in [-0.4, -0.2) is 31.5 Å². The zero-order valence-electron chi connectivity index (χ0n) is 14.8. The van der Waals surface area contributed by atoms with Crippen molar-refractivity contribution in [2.75, 3.05) is 23.9 Å². The number of methoxy groups -OCH3 is 1. The predicted molar refractivity (Wildman–Crippen MR) is 102 cm³/mol. The molecule has 4 amide bonds. The van der Waals surface area contributed by atoms with Crippen molar-refractivity contribution in [1.82, 2.24) is 5.32 Å². The van der Waals surface area contributed by atoms with E-state index in [0.717, 1.165) is 4.90 Å². The quantitative estimate of drug-likeness (QED) is 0.789. The summed E-state index contributed by atoms with van der Waals surface area (Å²) < 4.78 is 5.08. The zero-order chi connectivity index (χ0) is 19.6. The molecular weight excluding hydrogens is 370 g/mol.